The van der Waals surface area contributed by atoms with Crippen molar-refractivity contribution in [3.63, 3.8) is 0 Å². The van der Waals surface area contributed by atoms with E-state index in [2.05, 4.69) is 9.72 Å². The van der Waals surface area contributed by atoms with Gasteiger partial charge in [0, 0.05) is 0 Å². The van der Waals surface area contributed by atoms with E-state index in [4.69, 9.17) is 10.2 Å². The molecule has 17 heavy (non-hydrogen) atoms. The summed E-state index contributed by atoms with van der Waals surface area (Å²) >= 11 is 0. The van der Waals surface area contributed by atoms with E-state index in [9.17, 15) is 14.7 Å². The Morgan fingerprint density at radius 3 is 2.53 bits per heavy atom. The SMILES string of the molecule is COC(=O)c1cccc(C(O)C(O)C(=O)O)n1. The van der Waals surface area contributed by atoms with Gasteiger partial charge in [0.1, 0.15) is 11.8 Å². The van der Waals surface area contributed by atoms with Gasteiger partial charge in [0.05, 0.1) is 12.8 Å². The second-order valence-corrected chi connectivity index (χ2v) is 3.17. The van der Waals surface area contributed by atoms with Crippen LogP contribution in [0.15, 0.2) is 18.2 Å². The zero-order valence-electron chi connectivity index (χ0n) is 8.90. The number of nitrogens with zero attached hydrogens (tertiary/aromatic N) is 1. The van der Waals surface area contributed by atoms with Crippen molar-refractivity contribution in [2.75, 3.05) is 7.11 Å². The van der Waals surface area contributed by atoms with Gasteiger partial charge >= 0.3 is 11.9 Å². The Morgan fingerprint density at radius 1 is 1.35 bits per heavy atom. The van der Waals surface area contributed by atoms with E-state index in [1.54, 1.807) is 0 Å². The topological polar surface area (TPSA) is 117 Å². The maximum absolute atomic E-state index is 11.1. The molecule has 0 aromatic carbocycles. The van der Waals surface area contributed by atoms with Crippen LogP contribution >= 0.6 is 0 Å². The Morgan fingerprint density at radius 2 is 2.00 bits per heavy atom. The predicted molar refractivity (Wildman–Crippen MR) is 54.2 cm³/mol. The number of carbonyl (C=O) groups is 2. The van der Waals surface area contributed by atoms with Gasteiger partial charge in [-0.25, -0.2) is 14.6 Å². The molecule has 0 saturated carbocycles. The normalized spacial score (nSPS) is 13.8. The van der Waals surface area contributed by atoms with Gasteiger partial charge in [-0.2, -0.15) is 0 Å². The number of rotatable bonds is 4. The fourth-order valence-corrected chi connectivity index (χ4v) is 1.13. The number of aromatic nitrogens is 1. The lowest BCUT2D eigenvalue weighted by atomic mass is 10.1. The van der Waals surface area contributed by atoms with E-state index in [0.717, 1.165) is 0 Å². The summed E-state index contributed by atoms with van der Waals surface area (Å²) in [5.74, 6) is -2.30. The van der Waals surface area contributed by atoms with Gasteiger partial charge in [-0.1, -0.05) is 6.07 Å². The van der Waals surface area contributed by atoms with Crippen LogP contribution in [-0.2, 0) is 9.53 Å². The van der Waals surface area contributed by atoms with Crippen molar-refractivity contribution in [3.8, 4) is 0 Å². The summed E-state index contributed by atoms with van der Waals surface area (Å²) in [6.07, 6.45) is -3.72. The average molecular weight is 241 g/mol. The van der Waals surface area contributed by atoms with E-state index in [1.807, 2.05) is 0 Å². The van der Waals surface area contributed by atoms with Crippen LogP contribution in [0.1, 0.15) is 22.3 Å². The lowest BCUT2D eigenvalue weighted by Crippen LogP contribution is -2.28. The Labute approximate surface area is 96.3 Å². The van der Waals surface area contributed by atoms with Gasteiger partial charge in [0.2, 0.25) is 0 Å². The molecule has 0 bridgehead atoms. The molecule has 0 aliphatic rings. The smallest absolute Gasteiger partial charge is 0.356 e. The number of aliphatic carboxylic acids is 1. The fraction of sp³-hybridized carbons (Fsp3) is 0.300. The molecule has 0 spiro atoms. The maximum Gasteiger partial charge on any atom is 0.356 e. The molecule has 7 nitrogen and oxygen atoms in total. The summed E-state index contributed by atoms with van der Waals surface area (Å²) in [4.78, 5) is 25.3. The number of pyridine rings is 1. The van der Waals surface area contributed by atoms with Crippen molar-refractivity contribution in [1.29, 1.82) is 0 Å². The number of ether oxygens (including phenoxy) is 1. The van der Waals surface area contributed by atoms with E-state index >= 15 is 0 Å². The van der Waals surface area contributed by atoms with Gasteiger partial charge in [0.15, 0.2) is 6.10 Å². The van der Waals surface area contributed by atoms with E-state index < -0.39 is 24.1 Å². The predicted octanol–water partition coefficient (Wildman–Crippen LogP) is -0.653. The maximum atomic E-state index is 11.1. The van der Waals surface area contributed by atoms with Gasteiger partial charge in [-0.3, -0.25) is 0 Å². The molecule has 0 fully saturated rings. The van der Waals surface area contributed by atoms with Crippen molar-refractivity contribution in [1.82, 2.24) is 4.98 Å². The average Bonchev–Trinajstić information content (AvgIpc) is 2.36. The molecule has 2 atom stereocenters. The highest BCUT2D eigenvalue weighted by Gasteiger charge is 2.26. The number of hydrogen-bond donors (Lipinski definition) is 3. The van der Waals surface area contributed by atoms with Gasteiger partial charge < -0.3 is 20.1 Å². The first kappa shape index (κ1) is 13.1. The lowest BCUT2D eigenvalue weighted by Gasteiger charge is -2.13. The lowest BCUT2D eigenvalue weighted by molar-refractivity contribution is -0.153. The Kier molecular flexibility index (Phi) is 4.13. The van der Waals surface area contributed by atoms with E-state index in [1.165, 1.54) is 25.3 Å². The molecule has 1 aromatic rings. The first-order chi connectivity index (χ1) is 7.97. The van der Waals surface area contributed by atoms with Crippen LogP contribution in [-0.4, -0.2) is 45.5 Å². The molecular weight excluding hydrogens is 230 g/mol. The molecule has 3 N–H and O–H groups in total. The quantitative estimate of drug-likeness (QED) is 0.599. The second-order valence-electron chi connectivity index (χ2n) is 3.17. The third-order valence-electron chi connectivity index (χ3n) is 2.02. The standard InChI is InChI=1S/C10H11NO6/c1-17-10(16)6-4-2-3-5(11-6)7(12)8(13)9(14)15/h2-4,7-8,12-13H,1H3,(H,14,15). The van der Waals surface area contributed by atoms with Crippen molar-refractivity contribution >= 4 is 11.9 Å². The van der Waals surface area contributed by atoms with Crippen LogP contribution in [0, 0.1) is 0 Å². The highest BCUT2D eigenvalue weighted by molar-refractivity contribution is 5.87. The zero-order chi connectivity index (χ0) is 13.0. The molecule has 0 aliphatic heterocycles. The molecule has 92 valence electrons. The van der Waals surface area contributed by atoms with Crippen LogP contribution in [0.3, 0.4) is 0 Å². The number of carbonyl (C=O) groups excluding carboxylic acids is 1. The largest absolute Gasteiger partial charge is 0.479 e. The summed E-state index contributed by atoms with van der Waals surface area (Å²) in [5.41, 5.74) is -0.204. The second kappa shape index (κ2) is 5.37. The van der Waals surface area contributed by atoms with Crippen LogP contribution in [0.2, 0.25) is 0 Å². The molecule has 1 aromatic heterocycles. The first-order valence-electron chi connectivity index (χ1n) is 4.61. The number of aliphatic hydroxyl groups is 2. The molecule has 2 unspecified atom stereocenters. The number of aliphatic hydroxyl groups excluding tert-OH is 2. The molecule has 0 radical (unpaired) electrons. The first-order valence-corrected chi connectivity index (χ1v) is 4.61. The van der Waals surface area contributed by atoms with E-state index in [0.29, 0.717) is 0 Å². The Balaban J connectivity index is 2.99. The third kappa shape index (κ3) is 2.99. The highest BCUT2D eigenvalue weighted by atomic mass is 16.5. The van der Waals surface area contributed by atoms with Crippen LogP contribution in [0.25, 0.3) is 0 Å². The van der Waals surface area contributed by atoms with Crippen molar-refractivity contribution in [2.24, 2.45) is 0 Å². The minimum atomic E-state index is -2.00. The van der Waals surface area contributed by atoms with Gasteiger partial charge in [0.25, 0.3) is 0 Å². The minimum absolute atomic E-state index is 0.0818. The number of carboxylic acid groups (broad SMARTS) is 1. The summed E-state index contributed by atoms with van der Waals surface area (Å²) in [5, 5.41) is 27.1. The number of esters is 1. The summed E-state index contributed by atoms with van der Waals surface area (Å²) in [6.45, 7) is 0. The molecule has 1 heterocycles. The monoisotopic (exact) mass is 241 g/mol. The summed E-state index contributed by atoms with van der Waals surface area (Å²) < 4.78 is 4.42. The Bertz CT molecular complexity index is 433. The number of methoxy groups -OCH3 is 1. The van der Waals surface area contributed by atoms with Crippen LogP contribution in [0.4, 0.5) is 0 Å². The van der Waals surface area contributed by atoms with Crippen LogP contribution < -0.4 is 0 Å². The minimum Gasteiger partial charge on any atom is -0.479 e. The molecule has 1 rings (SSSR count). The molecule has 0 aliphatic carbocycles. The van der Waals surface area contributed by atoms with Gasteiger partial charge in [-0.15, -0.1) is 0 Å². The van der Waals surface area contributed by atoms with E-state index in [-0.39, 0.29) is 11.4 Å². The van der Waals surface area contributed by atoms with Gasteiger partial charge in [-0.05, 0) is 12.1 Å². The van der Waals surface area contributed by atoms with Crippen molar-refractivity contribution in [3.05, 3.63) is 29.6 Å². The Hall–Kier alpha value is -1.99. The molecule has 0 amide bonds. The number of carboxylic acids is 1. The number of hydrogen-bond acceptors (Lipinski definition) is 6. The van der Waals surface area contributed by atoms with Crippen molar-refractivity contribution in [2.45, 2.75) is 12.2 Å². The third-order valence-corrected chi connectivity index (χ3v) is 2.02. The molecular formula is C10H11NO6. The highest BCUT2D eigenvalue weighted by Crippen LogP contribution is 2.15. The van der Waals surface area contributed by atoms with Crippen LogP contribution in [0.5, 0.6) is 0 Å². The summed E-state index contributed by atoms with van der Waals surface area (Å²) in [7, 11) is 1.17. The molecule has 0 saturated heterocycles. The summed E-state index contributed by atoms with van der Waals surface area (Å²) in [6, 6.07) is 4.03. The zero-order valence-corrected chi connectivity index (χ0v) is 8.90. The molecule has 7 heteroatoms. The fourth-order valence-electron chi connectivity index (χ4n) is 1.13. The van der Waals surface area contributed by atoms with Crippen molar-refractivity contribution < 1.29 is 29.6 Å².